The van der Waals surface area contributed by atoms with Crippen LogP contribution in [-0.2, 0) is 9.84 Å². The van der Waals surface area contributed by atoms with Crippen molar-refractivity contribution in [3.05, 3.63) is 29.3 Å². The van der Waals surface area contributed by atoms with Gasteiger partial charge in [0.05, 0.1) is 16.4 Å². The molecule has 82 valence electrons. The van der Waals surface area contributed by atoms with Gasteiger partial charge in [-0.05, 0) is 31.2 Å². The summed E-state index contributed by atoms with van der Waals surface area (Å²) in [6.07, 6.45) is 0. The molecular formula is C9H10ClNO3S. The van der Waals surface area contributed by atoms with Crippen molar-refractivity contribution < 1.29 is 13.6 Å². The van der Waals surface area contributed by atoms with Gasteiger partial charge in [-0.15, -0.1) is 0 Å². The summed E-state index contributed by atoms with van der Waals surface area (Å²) in [4.78, 5) is 0.162. The molecule has 1 aromatic carbocycles. The summed E-state index contributed by atoms with van der Waals surface area (Å²) < 4.78 is 23.4. The van der Waals surface area contributed by atoms with Crippen molar-refractivity contribution in [2.45, 2.75) is 11.8 Å². The van der Waals surface area contributed by atoms with Crippen LogP contribution in [0.3, 0.4) is 0 Å². The summed E-state index contributed by atoms with van der Waals surface area (Å²) in [6, 6.07) is 5.84. The molecule has 1 aromatic rings. The molecule has 0 saturated carbocycles. The van der Waals surface area contributed by atoms with Crippen molar-refractivity contribution in [1.29, 1.82) is 0 Å². The Morgan fingerprint density at radius 1 is 1.40 bits per heavy atom. The Morgan fingerprint density at radius 3 is 2.40 bits per heavy atom. The van der Waals surface area contributed by atoms with Gasteiger partial charge in [-0.3, -0.25) is 0 Å². The molecule has 1 N–H and O–H groups in total. The van der Waals surface area contributed by atoms with Crippen LogP contribution in [0, 0.1) is 0 Å². The van der Waals surface area contributed by atoms with E-state index in [-0.39, 0.29) is 16.4 Å². The van der Waals surface area contributed by atoms with Crippen molar-refractivity contribution in [3.63, 3.8) is 0 Å². The number of sulfone groups is 1. The predicted octanol–water partition coefficient (Wildman–Crippen LogP) is 1.96. The second-order valence-corrected chi connectivity index (χ2v) is 5.47. The fourth-order valence-corrected chi connectivity index (χ4v) is 2.48. The Bertz CT molecular complexity index is 465. The standard InChI is InChI=1S/C9H10ClNO3S/c1-7(11-12)6-15(13,14)9-4-2-8(10)3-5-9/h2-5,12H,6H2,1H3/b11-7-. The number of hydrogen-bond donors (Lipinski definition) is 1. The summed E-state index contributed by atoms with van der Waals surface area (Å²) in [7, 11) is -3.44. The minimum atomic E-state index is -3.44. The van der Waals surface area contributed by atoms with Gasteiger partial charge in [-0.1, -0.05) is 16.8 Å². The van der Waals surface area contributed by atoms with Crippen LogP contribution in [0.4, 0.5) is 0 Å². The Labute approximate surface area is 93.1 Å². The van der Waals surface area contributed by atoms with Crippen molar-refractivity contribution in [2.75, 3.05) is 5.75 Å². The lowest BCUT2D eigenvalue weighted by Crippen LogP contribution is -2.13. The molecule has 0 aliphatic heterocycles. The molecule has 4 nitrogen and oxygen atoms in total. The van der Waals surface area contributed by atoms with Gasteiger partial charge in [0.1, 0.15) is 0 Å². The lowest BCUT2D eigenvalue weighted by atomic mass is 10.4. The summed E-state index contributed by atoms with van der Waals surface area (Å²) in [5.74, 6) is -0.300. The van der Waals surface area contributed by atoms with Gasteiger partial charge < -0.3 is 5.21 Å². The third-order valence-corrected chi connectivity index (χ3v) is 3.78. The zero-order valence-corrected chi connectivity index (χ0v) is 9.59. The Kier molecular flexibility index (Phi) is 3.71. The van der Waals surface area contributed by atoms with E-state index in [2.05, 4.69) is 5.16 Å². The molecule has 0 heterocycles. The van der Waals surface area contributed by atoms with Gasteiger partial charge in [-0.25, -0.2) is 8.42 Å². The van der Waals surface area contributed by atoms with E-state index < -0.39 is 9.84 Å². The van der Waals surface area contributed by atoms with Crippen LogP contribution >= 0.6 is 11.6 Å². The summed E-state index contributed by atoms with van der Waals surface area (Å²) in [5.41, 5.74) is 0.143. The van der Waals surface area contributed by atoms with Crippen molar-refractivity contribution in [3.8, 4) is 0 Å². The third-order valence-electron chi connectivity index (χ3n) is 1.74. The molecule has 0 bridgehead atoms. The molecule has 0 atom stereocenters. The van der Waals surface area contributed by atoms with Crippen LogP contribution in [0.1, 0.15) is 6.92 Å². The van der Waals surface area contributed by atoms with Gasteiger partial charge in [0, 0.05) is 5.02 Å². The fourth-order valence-electron chi connectivity index (χ4n) is 1.03. The smallest absolute Gasteiger partial charge is 0.183 e. The Hall–Kier alpha value is -1.07. The van der Waals surface area contributed by atoms with Crippen molar-refractivity contribution in [2.24, 2.45) is 5.16 Å². The first-order valence-electron chi connectivity index (χ1n) is 4.11. The van der Waals surface area contributed by atoms with E-state index in [4.69, 9.17) is 16.8 Å². The van der Waals surface area contributed by atoms with E-state index >= 15 is 0 Å². The summed E-state index contributed by atoms with van der Waals surface area (Å²) in [6.45, 7) is 1.44. The van der Waals surface area contributed by atoms with Crippen LogP contribution in [0.5, 0.6) is 0 Å². The van der Waals surface area contributed by atoms with Crippen LogP contribution in [-0.4, -0.2) is 25.1 Å². The molecule has 0 aliphatic rings. The maximum atomic E-state index is 11.7. The molecule has 0 fully saturated rings. The van der Waals surface area contributed by atoms with E-state index in [1.807, 2.05) is 0 Å². The highest BCUT2D eigenvalue weighted by atomic mass is 35.5. The van der Waals surface area contributed by atoms with Gasteiger partial charge in [-0.2, -0.15) is 0 Å². The molecule has 0 spiro atoms. The number of halogens is 1. The van der Waals surface area contributed by atoms with E-state index in [0.717, 1.165) is 0 Å². The molecule has 0 amide bonds. The van der Waals surface area contributed by atoms with Crippen LogP contribution < -0.4 is 0 Å². The second kappa shape index (κ2) is 4.63. The number of rotatable bonds is 3. The highest BCUT2D eigenvalue weighted by Gasteiger charge is 2.15. The number of oxime groups is 1. The maximum absolute atomic E-state index is 11.7. The topological polar surface area (TPSA) is 66.7 Å². The van der Waals surface area contributed by atoms with Gasteiger partial charge in [0.15, 0.2) is 9.84 Å². The van der Waals surface area contributed by atoms with E-state index in [9.17, 15) is 8.42 Å². The van der Waals surface area contributed by atoms with Crippen molar-refractivity contribution in [1.82, 2.24) is 0 Å². The molecule has 1 rings (SSSR count). The lowest BCUT2D eigenvalue weighted by molar-refractivity contribution is 0.318. The first kappa shape index (κ1) is 12.0. The van der Waals surface area contributed by atoms with E-state index in [1.54, 1.807) is 0 Å². The number of nitrogens with zero attached hydrogens (tertiary/aromatic N) is 1. The quantitative estimate of drug-likeness (QED) is 0.504. The zero-order valence-electron chi connectivity index (χ0n) is 8.01. The average Bonchev–Trinajstić information content (AvgIpc) is 2.17. The zero-order chi connectivity index (χ0) is 11.5. The number of hydrogen-bond acceptors (Lipinski definition) is 4. The highest BCUT2D eigenvalue weighted by Crippen LogP contribution is 2.15. The molecule has 0 unspecified atom stereocenters. The summed E-state index contributed by atoms with van der Waals surface area (Å²) in [5, 5.41) is 11.7. The fraction of sp³-hybridized carbons (Fsp3) is 0.222. The van der Waals surface area contributed by atoms with Crippen LogP contribution in [0.25, 0.3) is 0 Å². The minimum absolute atomic E-state index is 0.143. The van der Waals surface area contributed by atoms with Gasteiger partial charge >= 0.3 is 0 Å². The SMILES string of the molecule is C/C(CS(=O)(=O)c1ccc(Cl)cc1)=N/O. The molecule has 0 aliphatic carbocycles. The number of benzene rings is 1. The van der Waals surface area contributed by atoms with E-state index in [0.29, 0.717) is 5.02 Å². The first-order chi connectivity index (χ1) is 6.95. The maximum Gasteiger partial charge on any atom is 0.183 e. The van der Waals surface area contributed by atoms with E-state index in [1.165, 1.54) is 31.2 Å². The Morgan fingerprint density at radius 2 is 1.93 bits per heavy atom. The summed E-state index contributed by atoms with van der Waals surface area (Å²) >= 11 is 5.64. The molecule has 0 saturated heterocycles. The molecule has 15 heavy (non-hydrogen) atoms. The Balaban J connectivity index is 3.02. The predicted molar refractivity (Wildman–Crippen MR) is 58.4 cm³/mol. The normalized spacial score (nSPS) is 12.8. The highest BCUT2D eigenvalue weighted by molar-refractivity contribution is 7.92. The van der Waals surface area contributed by atoms with Gasteiger partial charge in [0.2, 0.25) is 0 Å². The third kappa shape index (κ3) is 3.21. The van der Waals surface area contributed by atoms with Crippen LogP contribution in [0.2, 0.25) is 5.02 Å². The van der Waals surface area contributed by atoms with Crippen molar-refractivity contribution >= 4 is 27.1 Å². The first-order valence-corrected chi connectivity index (χ1v) is 6.14. The molecular weight excluding hydrogens is 238 g/mol. The van der Waals surface area contributed by atoms with Crippen LogP contribution in [0.15, 0.2) is 34.3 Å². The minimum Gasteiger partial charge on any atom is -0.411 e. The monoisotopic (exact) mass is 247 g/mol. The molecule has 0 radical (unpaired) electrons. The van der Waals surface area contributed by atoms with Gasteiger partial charge in [0.25, 0.3) is 0 Å². The molecule has 0 aromatic heterocycles. The lowest BCUT2D eigenvalue weighted by Gasteiger charge is -2.02. The second-order valence-electron chi connectivity index (χ2n) is 3.05. The largest absolute Gasteiger partial charge is 0.411 e. The average molecular weight is 248 g/mol. The molecule has 6 heteroatoms.